The maximum Gasteiger partial charge on any atom is 0.336 e. The summed E-state index contributed by atoms with van der Waals surface area (Å²) in [6.45, 7) is 1.98. The quantitative estimate of drug-likeness (QED) is 0.690. The van der Waals surface area contributed by atoms with Gasteiger partial charge in [0.1, 0.15) is 5.82 Å². The molecule has 18 heavy (non-hydrogen) atoms. The SMILES string of the molecule is Cc1ccnc(N)c1.O=C(O)c1ccccc1S. The number of benzene rings is 1. The Morgan fingerprint density at radius 3 is 2.39 bits per heavy atom. The van der Waals surface area contributed by atoms with Gasteiger partial charge in [-0.1, -0.05) is 12.1 Å². The zero-order valence-corrected chi connectivity index (χ0v) is 10.8. The molecule has 0 atom stereocenters. The van der Waals surface area contributed by atoms with Crippen LogP contribution in [0.1, 0.15) is 15.9 Å². The van der Waals surface area contributed by atoms with Crippen molar-refractivity contribution in [3.05, 3.63) is 53.7 Å². The number of nitrogen functional groups attached to an aromatic ring is 1. The number of hydrogen-bond donors (Lipinski definition) is 3. The number of anilines is 1. The Morgan fingerprint density at radius 2 is 2.00 bits per heavy atom. The molecule has 3 N–H and O–H groups in total. The number of hydrogen-bond acceptors (Lipinski definition) is 4. The molecule has 0 aliphatic carbocycles. The van der Waals surface area contributed by atoms with Crippen molar-refractivity contribution in [1.29, 1.82) is 0 Å². The average Bonchev–Trinajstić information content (AvgIpc) is 2.29. The van der Waals surface area contributed by atoms with Crippen LogP contribution in [0.3, 0.4) is 0 Å². The topological polar surface area (TPSA) is 76.2 Å². The van der Waals surface area contributed by atoms with Gasteiger partial charge in [0.2, 0.25) is 0 Å². The van der Waals surface area contributed by atoms with E-state index in [1.807, 2.05) is 19.1 Å². The van der Waals surface area contributed by atoms with Crippen LogP contribution in [0, 0.1) is 6.92 Å². The highest BCUT2D eigenvalue weighted by atomic mass is 32.1. The van der Waals surface area contributed by atoms with Crippen LogP contribution in [0.4, 0.5) is 5.82 Å². The lowest BCUT2D eigenvalue weighted by Gasteiger charge is -1.95. The Morgan fingerprint density at radius 1 is 1.33 bits per heavy atom. The predicted molar refractivity (Wildman–Crippen MR) is 74.0 cm³/mol. The number of thiol groups is 1. The van der Waals surface area contributed by atoms with E-state index in [0.29, 0.717) is 10.7 Å². The van der Waals surface area contributed by atoms with Crippen molar-refractivity contribution in [2.24, 2.45) is 0 Å². The zero-order valence-electron chi connectivity index (χ0n) is 9.87. The third kappa shape index (κ3) is 4.47. The molecule has 0 saturated heterocycles. The zero-order chi connectivity index (χ0) is 13.5. The maximum atomic E-state index is 10.4. The molecule has 4 nitrogen and oxygen atoms in total. The van der Waals surface area contributed by atoms with Crippen molar-refractivity contribution < 1.29 is 9.90 Å². The highest BCUT2D eigenvalue weighted by Gasteiger charge is 2.03. The van der Waals surface area contributed by atoms with Crippen LogP contribution >= 0.6 is 12.6 Å². The molecule has 1 heterocycles. The third-order valence-corrected chi connectivity index (χ3v) is 2.46. The second-order valence-electron chi connectivity index (χ2n) is 3.58. The summed E-state index contributed by atoms with van der Waals surface area (Å²) in [6, 6.07) is 10.3. The monoisotopic (exact) mass is 262 g/mol. The minimum atomic E-state index is -0.939. The number of nitrogens with two attached hydrogens (primary N) is 1. The normalized spacial score (nSPS) is 9.22. The van der Waals surface area contributed by atoms with Crippen LogP contribution in [0.25, 0.3) is 0 Å². The average molecular weight is 262 g/mol. The van der Waals surface area contributed by atoms with Crippen molar-refractivity contribution in [2.75, 3.05) is 5.73 Å². The van der Waals surface area contributed by atoms with Crippen molar-refractivity contribution in [1.82, 2.24) is 4.98 Å². The first-order valence-corrected chi connectivity index (χ1v) is 5.65. The molecule has 0 radical (unpaired) electrons. The highest BCUT2D eigenvalue weighted by Crippen LogP contribution is 2.11. The van der Waals surface area contributed by atoms with E-state index < -0.39 is 5.97 Å². The molecular formula is C13H14N2O2S. The molecule has 0 aliphatic heterocycles. The maximum absolute atomic E-state index is 10.4. The smallest absolute Gasteiger partial charge is 0.336 e. The van der Waals surface area contributed by atoms with Gasteiger partial charge in [-0.05, 0) is 36.8 Å². The fraction of sp³-hybridized carbons (Fsp3) is 0.0769. The second-order valence-corrected chi connectivity index (χ2v) is 4.06. The van der Waals surface area contributed by atoms with Crippen LogP contribution in [0.5, 0.6) is 0 Å². The van der Waals surface area contributed by atoms with Crippen molar-refractivity contribution in [3.63, 3.8) is 0 Å². The van der Waals surface area contributed by atoms with Gasteiger partial charge in [0.25, 0.3) is 0 Å². The first kappa shape index (κ1) is 14.1. The Labute approximate surface area is 111 Å². The van der Waals surface area contributed by atoms with Gasteiger partial charge in [0.05, 0.1) is 5.56 Å². The van der Waals surface area contributed by atoms with Gasteiger partial charge in [0, 0.05) is 11.1 Å². The first-order valence-electron chi connectivity index (χ1n) is 5.20. The second kappa shape index (κ2) is 6.66. The van der Waals surface area contributed by atoms with Gasteiger partial charge in [-0.15, -0.1) is 12.6 Å². The van der Waals surface area contributed by atoms with Crippen LogP contribution in [0.2, 0.25) is 0 Å². The molecule has 0 bridgehead atoms. The Bertz CT molecular complexity index is 527. The van der Waals surface area contributed by atoms with E-state index in [2.05, 4.69) is 17.6 Å². The van der Waals surface area contributed by atoms with E-state index in [0.717, 1.165) is 5.56 Å². The lowest BCUT2D eigenvalue weighted by Crippen LogP contribution is -1.96. The van der Waals surface area contributed by atoms with E-state index >= 15 is 0 Å². The molecule has 2 aromatic rings. The number of aromatic carboxylic acids is 1. The van der Waals surface area contributed by atoms with Gasteiger partial charge in [-0.2, -0.15) is 0 Å². The number of rotatable bonds is 1. The number of pyridine rings is 1. The summed E-state index contributed by atoms with van der Waals surface area (Å²) in [5, 5.41) is 8.52. The molecule has 1 aromatic heterocycles. The molecule has 94 valence electrons. The van der Waals surface area contributed by atoms with Crippen LogP contribution in [-0.4, -0.2) is 16.1 Å². The number of carbonyl (C=O) groups is 1. The molecule has 0 unspecified atom stereocenters. The lowest BCUT2D eigenvalue weighted by molar-refractivity contribution is 0.0693. The Hall–Kier alpha value is -2.01. The standard InChI is InChI=1S/C7H6O2S.C6H8N2/c8-7(9)5-3-1-2-4-6(5)10;1-5-2-3-8-6(7)4-5/h1-4,10H,(H,8,9);2-4H,1H3,(H2,7,8). The predicted octanol–water partition coefficient (Wildman–Crippen LogP) is 2.65. The summed E-state index contributed by atoms with van der Waals surface area (Å²) >= 11 is 3.96. The molecular weight excluding hydrogens is 248 g/mol. The number of nitrogens with zero attached hydrogens (tertiary/aromatic N) is 1. The summed E-state index contributed by atoms with van der Waals surface area (Å²) < 4.78 is 0. The minimum absolute atomic E-state index is 0.242. The summed E-state index contributed by atoms with van der Waals surface area (Å²) in [6.07, 6.45) is 1.70. The highest BCUT2D eigenvalue weighted by molar-refractivity contribution is 7.80. The molecule has 0 fully saturated rings. The van der Waals surface area contributed by atoms with Crippen molar-refractivity contribution >= 4 is 24.4 Å². The van der Waals surface area contributed by atoms with Crippen LogP contribution in [0.15, 0.2) is 47.5 Å². The van der Waals surface area contributed by atoms with E-state index in [1.54, 1.807) is 24.4 Å². The van der Waals surface area contributed by atoms with Gasteiger partial charge >= 0.3 is 5.97 Å². The van der Waals surface area contributed by atoms with Crippen molar-refractivity contribution in [2.45, 2.75) is 11.8 Å². The van der Waals surface area contributed by atoms with Crippen molar-refractivity contribution in [3.8, 4) is 0 Å². The van der Waals surface area contributed by atoms with Crippen LogP contribution in [-0.2, 0) is 0 Å². The number of aryl methyl sites for hydroxylation is 1. The molecule has 0 spiro atoms. The summed E-state index contributed by atoms with van der Waals surface area (Å²) in [4.78, 5) is 14.7. The van der Waals surface area contributed by atoms with E-state index in [1.165, 1.54) is 6.07 Å². The number of aromatic nitrogens is 1. The number of carboxylic acid groups (broad SMARTS) is 1. The van der Waals surface area contributed by atoms with E-state index in [9.17, 15) is 4.79 Å². The summed E-state index contributed by atoms with van der Waals surface area (Å²) in [5.74, 6) is -0.351. The summed E-state index contributed by atoms with van der Waals surface area (Å²) in [5.41, 5.74) is 6.74. The van der Waals surface area contributed by atoms with E-state index in [-0.39, 0.29) is 5.56 Å². The Kier molecular flexibility index (Phi) is 5.20. The van der Waals surface area contributed by atoms with Gasteiger partial charge < -0.3 is 10.8 Å². The molecule has 5 heteroatoms. The fourth-order valence-electron chi connectivity index (χ4n) is 1.21. The lowest BCUT2D eigenvalue weighted by atomic mass is 10.2. The first-order chi connectivity index (χ1) is 8.50. The molecule has 2 rings (SSSR count). The number of carboxylic acids is 1. The molecule has 0 saturated carbocycles. The van der Waals surface area contributed by atoms with Gasteiger partial charge in [-0.3, -0.25) is 0 Å². The van der Waals surface area contributed by atoms with Gasteiger partial charge in [-0.25, -0.2) is 9.78 Å². The van der Waals surface area contributed by atoms with Crippen LogP contribution < -0.4 is 5.73 Å². The third-order valence-electron chi connectivity index (χ3n) is 2.07. The van der Waals surface area contributed by atoms with Gasteiger partial charge in [0.15, 0.2) is 0 Å². The van der Waals surface area contributed by atoms with E-state index in [4.69, 9.17) is 10.8 Å². The Balaban J connectivity index is 0.000000184. The largest absolute Gasteiger partial charge is 0.478 e. The fourth-order valence-corrected chi connectivity index (χ4v) is 1.47. The molecule has 0 aliphatic rings. The summed E-state index contributed by atoms with van der Waals surface area (Å²) in [7, 11) is 0. The molecule has 0 amide bonds. The molecule has 1 aromatic carbocycles. The minimum Gasteiger partial charge on any atom is -0.478 e.